The Balaban J connectivity index is 0.000000711. The monoisotopic (exact) mass is 287 g/mol. The van der Waals surface area contributed by atoms with Gasteiger partial charge in [-0.3, -0.25) is 4.79 Å². The summed E-state index contributed by atoms with van der Waals surface area (Å²) < 4.78 is 0. The average Bonchev–Trinajstić information content (AvgIpc) is 2.25. The maximum Gasteiger partial charge on any atom is 0.300 e. The van der Waals surface area contributed by atoms with Gasteiger partial charge in [0.1, 0.15) is 0 Å². The van der Waals surface area contributed by atoms with E-state index in [0.29, 0.717) is 11.6 Å². The molecule has 1 unspecified atom stereocenters. The van der Waals surface area contributed by atoms with Crippen molar-refractivity contribution in [3.63, 3.8) is 0 Å². The number of aliphatic carboxylic acids is 1. The normalized spacial score (nSPS) is 12.3. The van der Waals surface area contributed by atoms with Gasteiger partial charge in [0.2, 0.25) is 0 Å². The number of halogens is 1. The van der Waals surface area contributed by atoms with Crippen molar-refractivity contribution in [2.75, 3.05) is 6.54 Å². The number of benzene rings is 1. The number of carboxylic acids is 1. The van der Waals surface area contributed by atoms with Crippen LogP contribution in [0.2, 0.25) is 5.02 Å². The molecular formula is C14H22ClNO3. The minimum atomic E-state index is -0.833. The summed E-state index contributed by atoms with van der Waals surface area (Å²) in [6, 6.07) is 7.37. The van der Waals surface area contributed by atoms with Gasteiger partial charge in [0.15, 0.2) is 0 Å². The predicted molar refractivity (Wildman–Crippen MR) is 77.5 cm³/mol. The van der Waals surface area contributed by atoms with Crippen molar-refractivity contribution >= 4 is 17.6 Å². The van der Waals surface area contributed by atoms with Gasteiger partial charge in [0.05, 0.1) is 6.10 Å². The molecule has 0 aliphatic heterocycles. The minimum absolute atomic E-state index is 0.00222. The van der Waals surface area contributed by atoms with Crippen LogP contribution in [-0.2, 0) is 4.79 Å². The summed E-state index contributed by atoms with van der Waals surface area (Å²) in [4.78, 5) is 9.00. The standard InChI is InChI=1S/C12H18ClNO.C2H4O2/c1-12(2,3)14-8-11(15)9-6-4-5-7-10(9)13;1-2(3)4/h4-7,11,14-15H,8H2,1-3H3;1H3,(H,3,4). The first kappa shape index (κ1) is 17.9. The van der Waals surface area contributed by atoms with Gasteiger partial charge in [-0.25, -0.2) is 0 Å². The Morgan fingerprint density at radius 3 is 2.26 bits per heavy atom. The van der Waals surface area contributed by atoms with Gasteiger partial charge in [-0.2, -0.15) is 0 Å². The van der Waals surface area contributed by atoms with Gasteiger partial charge in [0.25, 0.3) is 5.97 Å². The Kier molecular flexibility index (Phi) is 7.68. The van der Waals surface area contributed by atoms with Crippen molar-refractivity contribution in [2.24, 2.45) is 0 Å². The van der Waals surface area contributed by atoms with Crippen molar-refractivity contribution in [1.29, 1.82) is 0 Å². The molecule has 108 valence electrons. The molecule has 1 aromatic rings. The van der Waals surface area contributed by atoms with Crippen LogP contribution in [0.4, 0.5) is 0 Å². The molecule has 0 fully saturated rings. The molecule has 1 aromatic carbocycles. The van der Waals surface area contributed by atoms with E-state index < -0.39 is 12.1 Å². The number of aliphatic hydroxyl groups excluding tert-OH is 1. The van der Waals surface area contributed by atoms with Crippen LogP contribution >= 0.6 is 11.6 Å². The summed E-state index contributed by atoms with van der Waals surface area (Å²) in [6.07, 6.45) is -0.557. The third kappa shape index (κ3) is 9.47. The summed E-state index contributed by atoms with van der Waals surface area (Å²) >= 11 is 5.98. The van der Waals surface area contributed by atoms with Crippen molar-refractivity contribution in [1.82, 2.24) is 5.32 Å². The second-order valence-electron chi connectivity index (χ2n) is 5.19. The van der Waals surface area contributed by atoms with E-state index >= 15 is 0 Å². The predicted octanol–water partition coefficient (Wildman–Crippen LogP) is 2.85. The minimum Gasteiger partial charge on any atom is -0.481 e. The molecule has 0 heterocycles. The lowest BCUT2D eigenvalue weighted by Crippen LogP contribution is -2.38. The second kappa shape index (κ2) is 8.15. The number of hydrogen-bond donors (Lipinski definition) is 3. The Morgan fingerprint density at radius 1 is 1.37 bits per heavy atom. The number of rotatable bonds is 3. The molecule has 0 saturated heterocycles. The third-order valence-electron chi connectivity index (χ3n) is 2.09. The van der Waals surface area contributed by atoms with Crippen LogP contribution in [0, 0.1) is 0 Å². The number of aliphatic hydroxyl groups is 1. The molecule has 0 aliphatic carbocycles. The fourth-order valence-corrected chi connectivity index (χ4v) is 1.52. The molecule has 1 atom stereocenters. The van der Waals surface area contributed by atoms with E-state index in [-0.39, 0.29) is 5.54 Å². The van der Waals surface area contributed by atoms with Crippen LogP contribution in [0.15, 0.2) is 24.3 Å². The molecule has 0 bridgehead atoms. The Labute approximate surface area is 119 Å². The highest BCUT2D eigenvalue weighted by Gasteiger charge is 2.15. The molecule has 5 heteroatoms. The number of carbonyl (C=O) groups is 1. The molecule has 0 aromatic heterocycles. The van der Waals surface area contributed by atoms with E-state index in [1.165, 1.54) is 0 Å². The van der Waals surface area contributed by atoms with Gasteiger partial charge < -0.3 is 15.5 Å². The molecule has 4 nitrogen and oxygen atoms in total. The van der Waals surface area contributed by atoms with E-state index in [9.17, 15) is 5.11 Å². The number of nitrogens with one attached hydrogen (secondary N) is 1. The highest BCUT2D eigenvalue weighted by atomic mass is 35.5. The van der Waals surface area contributed by atoms with Crippen LogP contribution in [0.1, 0.15) is 39.4 Å². The number of carboxylic acid groups (broad SMARTS) is 1. The first-order valence-corrected chi connectivity index (χ1v) is 6.38. The molecule has 3 N–H and O–H groups in total. The average molecular weight is 288 g/mol. The van der Waals surface area contributed by atoms with Gasteiger partial charge in [-0.05, 0) is 26.8 Å². The molecule has 19 heavy (non-hydrogen) atoms. The van der Waals surface area contributed by atoms with Gasteiger partial charge in [-0.15, -0.1) is 0 Å². The molecule has 0 aliphatic rings. The van der Waals surface area contributed by atoms with Crippen LogP contribution in [0.25, 0.3) is 0 Å². The smallest absolute Gasteiger partial charge is 0.300 e. The highest BCUT2D eigenvalue weighted by molar-refractivity contribution is 6.31. The van der Waals surface area contributed by atoms with Gasteiger partial charge in [-0.1, -0.05) is 29.8 Å². The van der Waals surface area contributed by atoms with Crippen molar-refractivity contribution < 1.29 is 15.0 Å². The fraction of sp³-hybridized carbons (Fsp3) is 0.500. The first-order valence-electron chi connectivity index (χ1n) is 6.00. The van der Waals surface area contributed by atoms with Crippen molar-refractivity contribution in [3.05, 3.63) is 34.9 Å². The maximum absolute atomic E-state index is 9.92. The van der Waals surface area contributed by atoms with Crippen LogP contribution in [0.3, 0.4) is 0 Å². The lowest BCUT2D eigenvalue weighted by molar-refractivity contribution is -0.134. The molecule has 0 radical (unpaired) electrons. The van der Waals surface area contributed by atoms with E-state index in [0.717, 1.165) is 12.5 Å². The summed E-state index contributed by atoms with van der Waals surface area (Å²) in [5.74, 6) is -0.833. The van der Waals surface area contributed by atoms with E-state index in [1.54, 1.807) is 6.07 Å². The van der Waals surface area contributed by atoms with Gasteiger partial charge in [0, 0.05) is 29.6 Å². The Morgan fingerprint density at radius 2 is 1.84 bits per heavy atom. The fourth-order valence-electron chi connectivity index (χ4n) is 1.26. The van der Waals surface area contributed by atoms with Crippen LogP contribution in [-0.4, -0.2) is 28.3 Å². The van der Waals surface area contributed by atoms with E-state index in [4.69, 9.17) is 21.5 Å². The summed E-state index contributed by atoms with van der Waals surface area (Å²) in [5, 5.41) is 21.2. The number of β-amino-alcohol motifs (C(OH)–C–C–N with tert-alkyl or cyclic N) is 1. The molecule has 0 spiro atoms. The second-order valence-corrected chi connectivity index (χ2v) is 5.59. The topological polar surface area (TPSA) is 69.6 Å². The molecule has 1 rings (SSSR count). The van der Waals surface area contributed by atoms with Crippen molar-refractivity contribution in [3.8, 4) is 0 Å². The largest absolute Gasteiger partial charge is 0.481 e. The lowest BCUT2D eigenvalue weighted by Gasteiger charge is -2.23. The summed E-state index contributed by atoms with van der Waals surface area (Å²) in [5.41, 5.74) is 0.776. The lowest BCUT2D eigenvalue weighted by atomic mass is 10.1. The summed E-state index contributed by atoms with van der Waals surface area (Å²) in [7, 11) is 0. The molecule has 0 amide bonds. The zero-order valence-corrected chi connectivity index (χ0v) is 12.5. The zero-order valence-electron chi connectivity index (χ0n) is 11.8. The maximum atomic E-state index is 9.92. The van der Waals surface area contributed by atoms with Crippen molar-refractivity contribution in [2.45, 2.75) is 39.3 Å². The first-order chi connectivity index (χ1) is 8.63. The highest BCUT2D eigenvalue weighted by Crippen LogP contribution is 2.22. The zero-order chi connectivity index (χ0) is 15.1. The molecular weight excluding hydrogens is 266 g/mol. The van der Waals surface area contributed by atoms with Crippen LogP contribution in [0.5, 0.6) is 0 Å². The number of hydrogen-bond acceptors (Lipinski definition) is 3. The van der Waals surface area contributed by atoms with Crippen LogP contribution < -0.4 is 5.32 Å². The van der Waals surface area contributed by atoms with E-state index in [1.807, 2.05) is 18.2 Å². The van der Waals surface area contributed by atoms with E-state index in [2.05, 4.69) is 26.1 Å². The Bertz CT molecular complexity index is 398. The molecule has 0 saturated carbocycles. The third-order valence-corrected chi connectivity index (χ3v) is 2.43. The SMILES string of the molecule is CC(=O)O.CC(C)(C)NCC(O)c1ccccc1Cl. The Hall–Kier alpha value is -1.10. The van der Waals surface area contributed by atoms with Gasteiger partial charge >= 0.3 is 0 Å². The summed E-state index contributed by atoms with van der Waals surface area (Å²) in [6.45, 7) is 7.78. The quantitative estimate of drug-likeness (QED) is 0.799.